The van der Waals surface area contributed by atoms with Gasteiger partial charge >= 0.3 is 0 Å². The standard InChI is InChI=1S/C28H27FN2O/c1-19-8-2-3-10-21(19)17-30-28(32)24-13-7-15-26-27(24)23-12-4-5-14-25(23)31(26)18-20-9-6-11-22(29)16-20/h2-6,8-12,14,16,24H,7,13,15,17-18H2,1H3,(H,30,32). The van der Waals surface area contributed by atoms with Crippen LogP contribution in [0.15, 0.2) is 72.8 Å². The summed E-state index contributed by atoms with van der Waals surface area (Å²) >= 11 is 0. The molecule has 0 saturated carbocycles. The maximum absolute atomic E-state index is 13.8. The fraction of sp³-hybridized carbons (Fsp3) is 0.250. The van der Waals surface area contributed by atoms with Gasteiger partial charge in [-0.3, -0.25) is 4.79 Å². The summed E-state index contributed by atoms with van der Waals surface area (Å²) in [4.78, 5) is 13.3. The van der Waals surface area contributed by atoms with Crippen molar-refractivity contribution in [3.63, 3.8) is 0 Å². The summed E-state index contributed by atoms with van der Waals surface area (Å²) in [5.74, 6) is -0.300. The number of hydrogen-bond acceptors (Lipinski definition) is 1. The minimum atomic E-state index is -0.221. The molecular weight excluding hydrogens is 399 g/mol. The predicted octanol–water partition coefficient (Wildman–Crippen LogP) is 5.87. The van der Waals surface area contributed by atoms with Crippen molar-refractivity contribution in [2.75, 3.05) is 0 Å². The van der Waals surface area contributed by atoms with Gasteiger partial charge in [-0.2, -0.15) is 0 Å². The topological polar surface area (TPSA) is 34.0 Å². The second-order valence-corrected chi connectivity index (χ2v) is 8.68. The van der Waals surface area contributed by atoms with E-state index in [2.05, 4.69) is 41.1 Å². The number of nitrogens with zero attached hydrogens (tertiary/aromatic N) is 1. The Morgan fingerprint density at radius 2 is 1.88 bits per heavy atom. The SMILES string of the molecule is Cc1ccccc1CNC(=O)C1CCCc2c1c1ccccc1n2Cc1cccc(F)c1. The maximum atomic E-state index is 13.8. The minimum Gasteiger partial charge on any atom is -0.351 e. The number of benzene rings is 3. The first-order chi connectivity index (χ1) is 15.6. The van der Waals surface area contributed by atoms with Crippen LogP contribution >= 0.6 is 0 Å². The number of halogens is 1. The van der Waals surface area contributed by atoms with Crippen molar-refractivity contribution >= 4 is 16.8 Å². The van der Waals surface area contributed by atoms with E-state index in [4.69, 9.17) is 0 Å². The smallest absolute Gasteiger partial charge is 0.227 e. The van der Waals surface area contributed by atoms with Gasteiger partial charge in [0.05, 0.1) is 5.92 Å². The molecule has 0 spiro atoms. The van der Waals surface area contributed by atoms with Crippen LogP contribution in [0, 0.1) is 12.7 Å². The van der Waals surface area contributed by atoms with Gasteiger partial charge in [0.1, 0.15) is 5.82 Å². The number of rotatable bonds is 5. The van der Waals surface area contributed by atoms with Crippen molar-refractivity contribution in [2.24, 2.45) is 0 Å². The lowest BCUT2D eigenvalue weighted by atomic mass is 9.84. The zero-order valence-electron chi connectivity index (χ0n) is 18.3. The highest BCUT2D eigenvalue weighted by Gasteiger charge is 2.31. The maximum Gasteiger partial charge on any atom is 0.227 e. The number of amides is 1. The number of aryl methyl sites for hydroxylation is 1. The van der Waals surface area contributed by atoms with Crippen molar-refractivity contribution in [1.29, 1.82) is 0 Å². The number of para-hydroxylation sites is 1. The van der Waals surface area contributed by atoms with E-state index in [-0.39, 0.29) is 17.6 Å². The molecule has 5 rings (SSSR count). The van der Waals surface area contributed by atoms with Crippen LogP contribution in [0.2, 0.25) is 0 Å². The molecule has 1 aromatic heterocycles. The molecule has 3 aromatic carbocycles. The van der Waals surface area contributed by atoms with Gasteiger partial charge in [-0.25, -0.2) is 4.39 Å². The molecule has 1 unspecified atom stereocenters. The summed E-state index contributed by atoms with van der Waals surface area (Å²) in [6.07, 6.45) is 2.75. The van der Waals surface area contributed by atoms with Gasteiger partial charge in [0, 0.05) is 29.7 Å². The molecule has 162 valence electrons. The second-order valence-electron chi connectivity index (χ2n) is 8.68. The number of hydrogen-bond donors (Lipinski definition) is 1. The Hall–Kier alpha value is -3.40. The highest BCUT2D eigenvalue weighted by Crippen LogP contribution is 2.39. The fourth-order valence-corrected chi connectivity index (χ4v) is 5.03. The number of nitrogens with one attached hydrogen (secondary N) is 1. The highest BCUT2D eigenvalue weighted by atomic mass is 19.1. The van der Waals surface area contributed by atoms with Gasteiger partial charge in [0.25, 0.3) is 0 Å². The molecule has 1 aliphatic carbocycles. The zero-order valence-corrected chi connectivity index (χ0v) is 18.3. The van der Waals surface area contributed by atoms with Crippen LogP contribution in [-0.4, -0.2) is 10.5 Å². The quantitative estimate of drug-likeness (QED) is 0.425. The van der Waals surface area contributed by atoms with E-state index in [9.17, 15) is 9.18 Å². The van der Waals surface area contributed by atoms with Crippen LogP contribution in [0.5, 0.6) is 0 Å². The Balaban J connectivity index is 1.49. The molecule has 0 saturated heterocycles. The molecule has 0 fully saturated rings. The molecule has 0 radical (unpaired) electrons. The average Bonchev–Trinajstić information content (AvgIpc) is 3.12. The van der Waals surface area contributed by atoms with E-state index in [0.29, 0.717) is 13.1 Å². The Bertz CT molecular complexity index is 1290. The lowest BCUT2D eigenvalue weighted by Gasteiger charge is -2.24. The first-order valence-corrected chi connectivity index (χ1v) is 11.3. The Kier molecular flexibility index (Phi) is 5.52. The molecule has 0 aliphatic heterocycles. The van der Waals surface area contributed by atoms with Gasteiger partial charge in [-0.15, -0.1) is 0 Å². The molecule has 1 aliphatic rings. The third kappa shape index (κ3) is 3.81. The summed E-state index contributed by atoms with van der Waals surface area (Å²) in [6.45, 7) is 3.21. The summed E-state index contributed by atoms with van der Waals surface area (Å²) in [6, 6.07) is 23.2. The third-order valence-corrected chi connectivity index (χ3v) is 6.64. The fourth-order valence-electron chi connectivity index (χ4n) is 5.03. The number of carbonyl (C=O) groups excluding carboxylic acids is 1. The lowest BCUT2D eigenvalue weighted by molar-refractivity contribution is -0.123. The van der Waals surface area contributed by atoms with Gasteiger partial charge in [-0.05, 0) is 66.6 Å². The van der Waals surface area contributed by atoms with Crippen LogP contribution in [0.1, 0.15) is 46.7 Å². The molecule has 1 atom stereocenters. The van der Waals surface area contributed by atoms with Crippen LogP contribution in [0.25, 0.3) is 10.9 Å². The first kappa shape index (κ1) is 20.5. The van der Waals surface area contributed by atoms with Crippen LogP contribution in [-0.2, 0) is 24.3 Å². The monoisotopic (exact) mass is 426 g/mol. The normalized spacial score (nSPS) is 15.5. The highest BCUT2D eigenvalue weighted by molar-refractivity contribution is 5.94. The number of fused-ring (bicyclic) bond motifs is 3. The Labute approximate surface area is 187 Å². The van der Waals surface area contributed by atoms with Crippen LogP contribution in [0.4, 0.5) is 4.39 Å². The lowest BCUT2D eigenvalue weighted by Crippen LogP contribution is -2.31. The summed E-state index contributed by atoms with van der Waals surface area (Å²) in [7, 11) is 0. The molecule has 32 heavy (non-hydrogen) atoms. The van der Waals surface area contributed by atoms with Crippen molar-refractivity contribution in [2.45, 2.75) is 45.2 Å². The molecule has 0 bridgehead atoms. The van der Waals surface area contributed by atoms with Gasteiger partial charge in [-0.1, -0.05) is 54.6 Å². The first-order valence-electron chi connectivity index (χ1n) is 11.3. The van der Waals surface area contributed by atoms with E-state index >= 15 is 0 Å². The number of aromatic nitrogens is 1. The predicted molar refractivity (Wildman–Crippen MR) is 126 cm³/mol. The number of carbonyl (C=O) groups is 1. The third-order valence-electron chi connectivity index (χ3n) is 6.64. The van der Waals surface area contributed by atoms with E-state index in [1.54, 1.807) is 12.1 Å². The van der Waals surface area contributed by atoms with E-state index in [0.717, 1.165) is 46.9 Å². The molecule has 4 aromatic rings. The Morgan fingerprint density at radius 3 is 2.72 bits per heavy atom. The van der Waals surface area contributed by atoms with E-state index in [1.165, 1.54) is 17.3 Å². The average molecular weight is 427 g/mol. The molecular formula is C28H27FN2O. The molecule has 4 heteroatoms. The van der Waals surface area contributed by atoms with Crippen molar-refractivity contribution in [3.8, 4) is 0 Å². The molecule has 1 heterocycles. The summed E-state index contributed by atoms with van der Waals surface area (Å²) < 4.78 is 16.1. The zero-order chi connectivity index (χ0) is 22.1. The van der Waals surface area contributed by atoms with Crippen molar-refractivity contribution in [1.82, 2.24) is 9.88 Å². The van der Waals surface area contributed by atoms with Crippen LogP contribution < -0.4 is 5.32 Å². The van der Waals surface area contributed by atoms with E-state index in [1.807, 2.05) is 30.3 Å². The van der Waals surface area contributed by atoms with Crippen LogP contribution in [0.3, 0.4) is 0 Å². The molecule has 1 N–H and O–H groups in total. The molecule has 3 nitrogen and oxygen atoms in total. The minimum absolute atomic E-state index is 0.0860. The molecule has 1 amide bonds. The second kappa shape index (κ2) is 8.62. The largest absolute Gasteiger partial charge is 0.351 e. The van der Waals surface area contributed by atoms with E-state index < -0.39 is 0 Å². The van der Waals surface area contributed by atoms with Gasteiger partial charge < -0.3 is 9.88 Å². The van der Waals surface area contributed by atoms with Gasteiger partial charge in [0.2, 0.25) is 5.91 Å². The van der Waals surface area contributed by atoms with Crippen molar-refractivity contribution < 1.29 is 9.18 Å². The summed E-state index contributed by atoms with van der Waals surface area (Å²) in [5, 5.41) is 4.32. The van der Waals surface area contributed by atoms with Gasteiger partial charge in [0.15, 0.2) is 0 Å². The van der Waals surface area contributed by atoms with Crippen molar-refractivity contribution in [3.05, 3.63) is 107 Å². The summed E-state index contributed by atoms with van der Waals surface area (Å²) in [5.41, 5.74) is 6.72. The Morgan fingerprint density at radius 1 is 1.06 bits per heavy atom.